The molecule has 1 aliphatic carbocycles. The van der Waals surface area contributed by atoms with Gasteiger partial charge in [0, 0.05) is 32.2 Å². The second-order valence-corrected chi connectivity index (χ2v) is 7.16. The SMILES string of the molecule is CC(C(=O)NC1CC1)N1CCN(C(=O)COc2ccccc2C(F)(F)F)CC1. The van der Waals surface area contributed by atoms with Crippen LogP contribution in [-0.4, -0.2) is 66.5 Å². The quantitative estimate of drug-likeness (QED) is 0.794. The van der Waals surface area contributed by atoms with Gasteiger partial charge in [0.25, 0.3) is 5.91 Å². The predicted molar refractivity (Wildman–Crippen MR) is 95.7 cm³/mol. The minimum Gasteiger partial charge on any atom is -0.483 e. The summed E-state index contributed by atoms with van der Waals surface area (Å²) in [5, 5.41) is 2.97. The fraction of sp³-hybridized carbons (Fsp3) is 0.579. The van der Waals surface area contributed by atoms with Crippen molar-refractivity contribution in [3.8, 4) is 5.75 Å². The summed E-state index contributed by atoms with van der Waals surface area (Å²) >= 11 is 0. The number of piperazine rings is 1. The largest absolute Gasteiger partial charge is 0.483 e. The molecule has 1 saturated heterocycles. The van der Waals surface area contributed by atoms with Crippen LogP contribution in [-0.2, 0) is 15.8 Å². The predicted octanol–water partition coefficient (Wildman–Crippen LogP) is 1.90. The van der Waals surface area contributed by atoms with Gasteiger partial charge >= 0.3 is 6.18 Å². The fourth-order valence-corrected chi connectivity index (χ4v) is 3.13. The number of alkyl halides is 3. The summed E-state index contributed by atoms with van der Waals surface area (Å²) in [6, 6.07) is 4.86. The summed E-state index contributed by atoms with van der Waals surface area (Å²) in [4.78, 5) is 28.0. The van der Waals surface area contributed by atoms with E-state index in [9.17, 15) is 22.8 Å². The number of nitrogens with one attached hydrogen (secondary N) is 1. The Kier molecular flexibility index (Phi) is 6.12. The van der Waals surface area contributed by atoms with Crippen molar-refractivity contribution in [2.45, 2.75) is 38.0 Å². The number of nitrogens with zero attached hydrogens (tertiary/aromatic N) is 2. The van der Waals surface area contributed by atoms with Crippen LogP contribution in [0.25, 0.3) is 0 Å². The topological polar surface area (TPSA) is 61.9 Å². The molecule has 6 nitrogen and oxygen atoms in total. The lowest BCUT2D eigenvalue weighted by Crippen LogP contribution is -2.55. The number of rotatable bonds is 6. The lowest BCUT2D eigenvalue weighted by Gasteiger charge is -2.37. The molecule has 2 aliphatic rings. The van der Waals surface area contributed by atoms with Crippen molar-refractivity contribution in [3.05, 3.63) is 29.8 Å². The van der Waals surface area contributed by atoms with E-state index in [1.54, 1.807) is 4.90 Å². The number of carbonyl (C=O) groups excluding carboxylic acids is 2. The van der Waals surface area contributed by atoms with Crippen LogP contribution in [0.3, 0.4) is 0 Å². The van der Waals surface area contributed by atoms with Gasteiger partial charge in [0.15, 0.2) is 6.61 Å². The Morgan fingerprint density at radius 1 is 1.18 bits per heavy atom. The Balaban J connectivity index is 1.47. The zero-order chi connectivity index (χ0) is 20.3. The summed E-state index contributed by atoms with van der Waals surface area (Å²) < 4.78 is 44.1. The molecule has 1 unspecified atom stereocenters. The van der Waals surface area contributed by atoms with Gasteiger partial charge in [-0.05, 0) is 31.9 Å². The number of amides is 2. The zero-order valence-electron chi connectivity index (χ0n) is 15.7. The zero-order valence-corrected chi connectivity index (χ0v) is 15.7. The first-order chi connectivity index (χ1) is 13.3. The molecular weight excluding hydrogens is 375 g/mol. The van der Waals surface area contributed by atoms with E-state index in [-0.39, 0.29) is 23.6 Å². The Morgan fingerprint density at radius 2 is 1.82 bits per heavy atom. The van der Waals surface area contributed by atoms with Crippen LogP contribution in [0, 0.1) is 0 Å². The first kappa shape index (κ1) is 20.4. The molecule has 0 spiro atoms. The summed E-state index contributed by atoms with van der Waals surface area (Å²) in [6.07, 6.45) is -2.49. The molecule has 1 aromatic rings. The normalized spacial score (nSPS) is 19.2. The molecule has 154 valence electrons. The molecule has 1 N–H and O–H groups in total. The standard InChI is InChI=1S/C19H24F3N3O3/c1-13(18(27)23-14-6-7-14)24-8-10-25(11-9-24)17(26)12-28-16-5-3-2-4-15(16)19(20,21)22/h2-5,13-14H,6-12H2,1H3,(H,23,27). The first-order valence-corrected chi connectivity index (χ1v) is 9.37. The van der Waals surface area contributed by atoms with E-state index < -0.39 is 18.3 Å². The van der Waals surface area contributed by atoms with Crippen molar-refractivity contribution in [2.24, 2.45) is 0 Å². The van der Waals surface area contributed by atoms with Gasteiger partial charge in [-0.25, -0.2) is 0 Å². The fourth-order valence-electron chi connectivity index (χ4n) is 3.13. The van der Waals surface area contributed by atoms with Crippen LogP contribution in [0.5, 0.6) is 5.75 Å². The minimum atomic E-state index is -4.54. The third-order valence-electron chi connectivity index (χ3n) is 5.06. The third-order valence-corrected chi connectivity index (χ3v) is 5.06. The molecule has 1 saturated carbocycles. The first-order valence-electron chi connectivity index (χ1n) is 9.37. The average molecular weight is 399 g/mol. The monoisotopic (exact) mass is 399 g/mol. The molecule has 0 aromatic heterocycles. The van der Waals surface area contributed by atoms with Crippen LogP contribution < -0.4 is 10.1 Å². The minimum absolute atomic E-state index is 0.00522. The van der Waals surface area contributed by atoms with Crippen LogP contribution >= 0.6 is 0 Å². The van der Waals surface area contributed by atoms with Gasteiger partial charge < -0.3 is 15.0 Å². The van der Waals surface area contributed by atoms with Crippen molar-refractivity contribution >= 4 is 11.8 Å². The molecule has 1 aromatic carbocycles. The van der Waals surface area contributed by atoms with E-state index in [4.69, 9.17) is 4.74 Å². The Labute approximate surface area is 161 Å². The highest BCUT2D eigenvalue weighted by Gasteiger charge is 2.35. The van der Waals surface area contributed by atoms with Gasteiger partial charge in [-0.15, -0.1) is 0 Å². The summed E-state index contributed by atoms with van der Waals surface area (Å²) in [5.74, 6) is -0.728. The van der Waals surface area contributed by atoms with Gasteiger partial charge in [-0.1, -0.05) is 12.1 Å². The highest BCUT2D eigenvalue weighted by molar-refractivity contribution is 5.82. The number of carbonyl (C=O) groups is 2. The van der Waals surface area contributed by atoms with E-state index in [1.165, 1.54) is 18.2 Å². The Hall–Kier alpha value is -2.29. The smallest absolute Gasteiger partial charge is 0.419 e. The lowest BCUT2D eigenvalue weighted by atomic mass is 10.2. The van der Waals surface area contributed by atoms with Crippen molar-refractivity contribution in [3.63, 3.8) is 0 Å². The van der Waals surface area contributed by atoms with Crippen molar-refractivity contribution in [1.29, 1.82) is 0 Å². The lowest BCUT2D eigenvalue weighted by molar-refractivity contribution is -0.141. The molecule has 1 aliphatic heterocycles. The van der Waals surface area contributed by atoms with E-state index in [2.05, 4.69) is 5.32 Å². The molecule has 28 heavy (non-hydrogen) atoms. The molecular formula is C19H24F3N3O3. The summed E-state index contributed by atoms with van der Waals surface area (Å²) in [6.45, 7) is 3.26. The molecule has 2 fully saturated rings. The molecule has 2 amide bonds. The second kappa shape index (κ2) is 8.38. The molecule has 1 atom stereocenters. The van der Waals surface area contributed by atoms with Crippen LogP contribution in [0.15, 0.2) is 24.3 Å². The van der Waals surface area contributed by atoms with Crippen molar-refractivity contribution < 1.29 is 27.5 Å². The molecule has 1 heterocycles. The third kappa shape index (κ3) is 5.15. The maximum Gasteiger partial charge on any atom is 0.419 e. The maximum absolute atomic E-state index is 13.0. The molecule has 0 bridgehead atoms. The van der Waals surface area contributed by atoms with E-state index in [0.29, 0.717) is 32.2 Å². The van der Waals surface area contributed by atoms with Gasteiger partial charge in [0.1, 0.15) is 5.75 Å². The Bertz CT molecular complexity index is 714. The van der Waals surface area contributed by atoms with Crippen molar-refractivity contribution in [1.82, 2.24) is 15.1 Å². The summed E-state index contributed by atoms with van der Waals surface area (Å²) in [5.41, 5.74) is -0.900. The number of para-hydroxylation sites is 1. The van der Waals surface area contributed by atoms with E-state index >= 15 is 0 Å². The molecule has 3 rings (SSSR count). The molecule has 0 radical (unpaired) electrons. The van der Waals surface area contributed by atoms with E-state index in [1.807, 2.05) is 11.8 Å². The summed E-state index contributed by atoms with van der Waals surface area (Å²) in [7, 11) is 0. The second-order valence-electron chi connectivity index (χ2n) is 7.16. The highest BCUT2D eigenvalue weighted by Crippen LogP contribution is 2.35. The van der Waals surface area contributed by atoms with Gasteiger partial charge in [-0.3, -0.25) is 14.5 Å². The van der Waals surface area contributed by atoms with E-state index in [0.717, 1.165) is 18.9 Å². The van der Waals surface area contributed by atoms with Gasteiger partial charge in [0.2, 0.25) is 5.91 Å². The number of hydrogen-bond acceptors (Lipinski definition) is 4. The molecule has 9 heteroatoms. The van der Waals surface area contributed by atoms with Crippen LogP contribution in [0.2, 0.25) is 0 Å². The number of ether oxygens (including phenoxy) is 1. The average Bonchev–Trinajstić information content (AvgIpc) is 3.49. The number of halogens is 3. The number of hydrogen-bond donors (Lipinski definition) is 1. The number of benzene rings is 1. The van der Waals surface area contributed by atoms with Crippen molar-refractivity contribution in [2.75, 3.05) is 32.8 Å². The Morgan fingerprint density at radius 3 is 2.43 bits per heavy atom. The van der Waals surface area contributed by atoms with Crippen LogP contribution in [0.4, 0.5) is 13.2 Å². The highest BCUT2D eigenvalue weighted by atomic mass is 19.4. The maximum atomic E-state index is 13.0. The van der Waals surface area contributed by atoms with Gasteiger partial charge in [-0.2, -0.15) is 13.2 Å². The van der Waals surface area contributed by atoms with Gasteiger partial charge in [0.05, 0.1) is 11.6 Å². The van der Waals surface area contributed by atoms with Crippen LogP contribution in [0.1, 0.15) is 25.3 Å².